The number of rotatable bonds is 0. The first-order valence-corrected chi connectivity index (χ1v) is 5.14. The van der Waals surface area contributed by atoms with Crippen molar-refractivity contribution >= 4 is 11.6 Å². The molecule has 2 aliphatic rings. The molecule has 0 saturated heterocycles. The van der Waals surface area contributed by atoms with Crippen LogP contribution >= 0.6 is 0 Å². The minimum Gasteiger partial charge on any atom is -0.515 e. The minimum atomic E-state index is -0.136. The number of carbonyl (C=O) groups is 2. The van der Waals surface area contributed by atoms with Crippen LogP contribution in [0.2, 0.25) is 0 Å². The lowest BCUT2D eigenvalue weighted by molar-refractivity contribution is -0.135. The van der Waals surface area contributed by atoms with Gasteiger partial charge in [0.2, 0.25) is 0 Å². The SMILES string of the molecule is O=C1CCCC2C(=O)C(=CO)CCC12. The Balaban J connectivity index is 2.22. The summed E-state index contributed by atoms with van der Waals surface area (Å²) >= 11 is 0. The summed E-state index contributed by atoms with van der Waals surface area (Å²) in [5.41, 5.74) is 0.501. The Hall–Kier alpha value is -1.12. The van der Waals surface area contributed by atoms with E-state index >= 15 is 0 Å². The summed E-state index contributed by atoms with van der Waals surface area (Å²) in [6.45, 7) is 0. The second kappa shape index (κ2) is 3.56. The molecule has 0 aliphatic heterocycles. The fourth-order valence-corrected chi connectivity index (χ4v) is 2.58. The van der Waals surface area contributed by atoms with E-state index in [1.54, 1.807) is 0 Å². The molecule has 0 amide bonds. The lowest BCUT2D eigenvalue weighted by Crippen LogP contribution is -2.38. The van der Waals surface area contributed by atoms with Crippen LogP contribution in [0, 0.1) is 11.8 Å². The predicted octanol–water partition coefficient (Wildman–Crippen LogP) is 1.78. The number of hydrogen-bond donors (Lipinski definition) is 1. The summed E-state index contributed by atoms with van der Waals surface area (Å²) < 4.78 is 0. The Kier molecular flexibility index (Phi) is 2.40. The molecule has 0 aromatic carbocycles. The Labute approximate surface area is 82.8 Å². The van der Waals surface area contributed by atoms with Gasteiger partial charge < -0.3 is 5.11 Å². The first kappa shape index (κ1) is 9.44. The number of fused-ring (bicyclic) bond motifs is 1. The van der Waals surface area contributed by atoms with Crippen LogP contribution in [-0.2, 0) is 9.59 Å². The molecule has 2 unspecified atom stereocenters. The van der Waals surface area contributed by atoms with E-state index in [4.69, 9.17) is 5.11 Å². The highest BCUT2D eigenvalue weighted by atomic mass is 16.2. The molecule has 2 saturated carbocycles. The van der Waals surface area contributed by atoms with Crippen molar-refractivity contribution in [1.29, 1.82) is 0 Å². The monoisotopic (exact) mass is 194 g/mol. The van der Waals surface area contributed by atoms with E-state index in [1.807, 2.05) is 0 Å². The molecule has 0 heterocycles. The molecule has 3 heteroatoms. The van der Waals surface area contributed by atoms with Gasteiger partial charge in [-0.15, -0.1) is 0 Å². The summed E-state index contributed by atoms with van der Waals surface area (Å²) in [5, 5.41) is 8.85. The zero-order valence-corrected chi connectivity index (χ0v) is 8.03. The molecule has 0 aromatic heterocycles. The zero-order chi connectivity index (χ0) is 10.1. The van der Waals surface area contributed by atoms with E-state index in [-0.39, 0.29) is 23.4 Å². The maximum Gasteiger partial charge on any atom is 0.165 e. The highest BCUT2D eigenvalue weighted by Gasteiger charge is 2.40. The quantitative estimate of drug-likeness (QED) is 0.472. The van der Waals surface area contributed by atoms with Crippen LogP contribution in [0.15, 0.2) is 11.8 Å². The van der Waals surface area contributed by atoms with Crippen LogP contribution in [0.5, 0.6) is 0 Å². The summed E-state index contributed by atoms with van der Waals surface area (Å²) in [4.78, 5) is 23.3. The lowest BCUT2D eigenvalue weighted by atomic mass is 9.68. The molecule has 0 spiro atoms. The Morgan fingerprint density at radius 1 is 1.14 bits per heavy atom. The molecule has 0 aromatic rings. The number of Topliss-reactive ketones (excluding diaryl/α,β-unsaturated/α-hetero) is 2. The molecule has 2 fully saturated rings. The molecule has 2 atom stereocenters. The number of hydrogen-bond acceptors (Lipinski definition) is 3. The Bertz CT molecular complexity index is 304. The van der Waals surface area contributed by atoms with Crippen LogP contribution in [-0.4, -0.2) is 16.7 Å². The minimum absolute atomic E-state index is 0.00296. The Morgan fingerprint density at radius 3 is 2.64 bits per heavy atom. The maximum atomic E-state index is 11.8. The van der Waals surface area contributed by atoms with Crippen LogP contribution in [0.1, 0.15) is 32.1 Å². The third kappa shape index (κ3) is 1.37. The molecule has 3 nitrogen and oxygen atoms in total. The van der Waals surface area contributed by atoms with E-state index in [0.29, 0.717) is 18.4 Å². The van der Waals surface area contributed by atoms with Crippen molar-refractivity contribution in [2.45, 2.75) is 32.1 Å². The number of aliphatic hydroxyl groups is 1. The van der Waals surface area contributed by atoms with Crippen LogP contribution in [0.3, 0.4) is 0 Å². The van der Waals surface area contributed by atoms with Gasteiger partial charge in [0.15, 0.2) is 5.78 Å². The van der Waals surface area contributed by atoms with Crippen molar-refractivity contribution in [3.63, 3.8) is 0 Å². The lowest BCUT2D eigenvalue weighted by Gasteiger charge is -2.33. The number of aliphatic hydroxyl groups excluding tert-OH is 1. The summed E-state index contributed by atoms with van der Waals surface area (Å²) in [6, 6.07) is 0. The van der Waals surface area contributed by atoms with Gasteiger partial charge in [0, 0.05) is 23.8 Å². The first-order chi connectivity index (χ1) is 6.74. The summed E-state index contributed by atoms with van der Waals surface area (Å²) in [7, 11) is 0. The third-order valence-corrected chi connectivity index (χ3v) is 3.37. The molecule has 0 bridgehead atoms. The molecular weight excluding hydrogens is 180 g/mol. The second-order valence-electron chi connectivity index (χ2n) is 4.13. The number of ketones is 2. The maximum absolute atomic E-state index is 11.8. The van der Waals surface area contributed by atoms with Gasteiger partial charge in [0.05, 0.1) is 6.26 Å². The Morgan fingerprint density at radius 2 is 1.93 bits per heavy atom. The number of allylic oxidation sites excluding steroid dienone is 1. The first-order valence-electron chi connectivity index (χ1n) is 5.14. The van der Waals surface area contributed by atoms with Gasteiger partial charge in [-0.05, 0) is 25.7 Å². The number of carbonyl (C=O) groups excluding carboxylic acids is 2. The van der Waals surface area contributed by atoms with Gasteiger partial charge in [-0.25, -0.2) is 0 Å². The fraction of sp³-hybridized carbons (Fsp3) is 0.636. The molecule has 76 valence electrons. The van der Waals surface area contributed by atoms with Crippen molar-refractivity contribution in [3.05, 3.63) is 11.8 Å². The van der Waals surface area contributed by atoms with Crippen molar-refractivity contribution in [2.75, 3.05) is 0 Å². The smallest absolute Gasteiger partial charge is 0.165 e. The van der Waals surface area contributed by atoms with E-state index in [2.05, 4.69) is 0 Å². The average molecular weight is 194 g/mol. The zero-order valence-electron chi connectivity index (χ0n) is 8.03. The summed E-state index contributed by atoms with van der Waals surface area (Å²) in [5.74, 6) is 0.0479. The molecular formula is C11H14O3. The van der Waals surface area contributed by atoms with Gasteiger partial charge in [0.25, 0.3) is 0 Å². The van der Waals surface area contributed by atoms with Crippen LogP contribution in [0.25, 0.3) is 0 Å². The van der Waals surface area contributed by atoms with E-state index in [9.17, 15) is 9.59 Å². The standard InChI is InChI=1S/C11H14O3/c12-6-7-4-5-8-9(11(7)14)2-1-3-10(8)13/h6,8-9,12H,1-5H2. The fourth-order valence-electron chi connectivity index (χ4n) is 2.58. The highest BCUT2D eigenvalue weighted by Crippen LogP contribution is 2.38. The van der Waals surface area contributed by atoms with E-state index < -0.39 is 0 Å². The topological polar surface area (TPSA) is 54.4 Å². The summed E-state index contributed by atoms with van der Waals surface area (Å²) in [6.07, 6.45) is 4.48. The molecule has 2 aliphatic carbocycles. The second-order valence-corrected chi connectivity index (χ2v) is 4.13. The normalized spacial score (nSPS) is 35.9. The van der Waals surface area contributed by atoms with E-state index in [1.165, 1.54) is 0 Å². The van der Waals surface area contributed by atoms with Gasteiger partial charge in [0.1, 0.15) is 5.78 Å². The molecule has 2 rings (SSSR count). The van der Waals surface area contributed by atoms with Gasteiger partial charge in [-0.1, -0.05) is 0 Å². The van der Waals surface area contributed by atoms with Crippen molar-refractivity contribution in [3.8, 4) is 0 Å². The van der Waals surface area contributed by atoms with Crippen molar-refractivity contribution in [2.24, 2.45) is 11.8 Å². The van der Waals surface area contributed by atoms with Gasteiger partial charge in [-0.3, -0.25) is 9.59 Å². The van der Waals surface area contributed by atoms with Crippen molar-refractivity contribution in [1.82, 2.24) is 0 Å². The van der Waals surface area contributed by atoms with Crippen molar-refractivity contribution < 1.29 is 14.7 Å². The predicted molar refractivity (Wildman–Crippen MR) is 50.8 cm³/mol. The van der Waals surface area contributed by atoms with Crippen LogP contribution < -0.4 is 0 Å². The van der Waals surface area contributed by atoms with Gasteiger partial charge in [-0.2, -0.15) is 0 Å². The van der Waals surface area contributed by atoms with Gasteiger partial charge >= 0.3 is 0 Å². The van der Waals surface area contributed by atoms with E-state index in [0.717, 1.165) is 25.5 Å². The largest absolute Gasteiger partial charge is 0.515 e. The average Bonchev–Trinajstić information content (AvgIpc) is 2.20. The molecule has 1 N–H and O–H groups in total. The van der Waals surface area contributed by atoms with Crippen LogP contribution in [0.4, 0.5) is 0 Å². The highest BCUT2D eigenvalue weighted by molar-refractivity contribution is 6.01. The molecule has 14 heavy (non-hydrogen) atoms. The third-order valence-electron chi connectivity index (χ3n) is 3.37. The molecule has 0 radical (unpaired) electrons.